The summed E-state index contributed by atoms with van der Waals surface area (Å²) < 4.78 is 19.4. The van der Waals surface area contributed by atoms with E-state index in [1.54, 1.807) is 0 Å². The Kier molecular flexibility index (Phi) is 7.38. The van der Waals surface area contributed by atoms with Crippen molar-refractivity contribution in [3.8, 4) is 0 Å². The first-order chi connectivity index (χ1) is 15.0. The van der Waals surface area contributed by atoms with Crippen LogP contribution in [-0.4, -0.2) is 24.7 Å². The second kappa shape index (κ2) is 9.40. The van der Waals surface area contributed by atoms with Crippen LogP contribution in [0.4, 0.5) is 0 Å². The monoisotopic (exact) mass is 472 g/mol. The SMILES string of the molecule is CCC(=C(CC)P(=O)(O)O)C1(CO[Si](c2ccccc2)(c2ccccc2)C(C)(C)C)CC1. The van der Waals surface area contributed by atoms with Gasteiger partial charge in [0.05, 0.1) is 0 Å². The van der Waals surface area contributed by atoms with Gasteiger partial charge in [-0.05, 0) is 41.1 Å². The Bertz CT molecular complexity index is 946. The van der Waals surface area contributed by atoms with Crippen LogP contribution in [0.25, 0.3) is 0 Å². The maximum atomic E-state index is 12.2. The van der Waals surface area contributed by atoms with Gasteiger partial charge in [-0.15, -0.1) is 0 Å². The Morgan fingerprint density at radius 1 is 0.938 bits per heavy atom. The highest BCUT2D eigenvalue weighted by atomic mass is 31.2. The molecular weight excluding hydrogens is 435 g/mol. The number of allylic oxidation sites excluding steroid dienone is 1. The van der Waals surface area contributed by atoms with Crippen LogP contribution < -0.4 is 10.4 Å². The van der Waals surface area contributed by atoms with Gasteiger partial charge < -0.3 is 14.2 Å². The summed E-state index contributed by atoms with van der Waals surface area (Å²) in [5.41, 5.74) is 0.639. The second-order valence-electron chi connectivity index (χ2n) is 9.91. The van der Waals surface area contributed by atoms with Crippen LogP contribution in [0.1, 0.15) is 60.3 Å². The highest BCUT2D eigenvalue weighted by molar-refractivity contribution is 7.56. The van der Waals surface area contributed by atoms with E-state index in [2.05, 4.69) is 69.3 Å². The van der Waals surface area contributed by atoms with Crippen LogP contribution >= 0.6 is 7.60 Å². The fraction of sp³-hybridized carbons (Fsp3) is 0.462. The molecule has 0 radical (unpaired) electrons. The fourth-order valence-corrected chi connectivity index (χ4v) is 11.0. The molecule has 0 aliphatic heterocycles. The molecule has 0 saturated heterocycles. The van der Waals surface area contributed by atoms with Crippen molar-refractivity contribution in [1.82, 2.24) is 0 Å². The molecule has 32 heavy (non-hydrogen) atoms. The van der Waals surface area contributed by atoms with Crippen molar-refractivity contribution in [2.45, 2.75) is 65.3 Å². The van der Waals surface area contributed by atoms with Gasteiger partial charge in [0.15, 0.2) is 0 Å². The molecule has 6 heteroatoms. The van der Waals surface area contributed by atoms with Crippen molar-refractivity contribution in [3.63, 3.8) is 0 Å². The molecule has 2 N–H and O–H groups in total. The minimum atomic E-state index is -4.28. The fourth-order valence-electron chi connectivity index (χ4n) is 5.17. The maximum absolute atomic E-state index is 12.2. The van der Waals surface area contributed by atoms with Crippen molar-refractivity contribution < 1.29 is 18.8 Å². The van der Waals surface area contributed by atoms with Crippen molar-refractivity contribution in [2.75, 3.05) is 6.61 Å². The van der Waals surface area contributed by atoms with Gasteiger partial charge >= 0.3 is 7.60 Å². The van der Waals surface area contributed by atoms with E-state index in [-0.39, 0.29) is 10.5 Å². The third-order valence-corrected chi connectivity index (χ3v) is 13.1. The lowest BCUT2D eigenvalue weighted by Gasteiger charge is -2.44. The molecule has 0 aromatic heterocycles. The van der Waals surface area contributed by atoms with E-state index in [0.29, 0.717) is 24.8 Å². The smallest absolute Gasteiger partial charge is 0.352 e. The Morgan fingerprint density at radius 3 is 1.72 bits per heavy atom. The maximum Gasteiger partial charge on any atom is 0.352 e. The molecule has 0 heterocycles. The second-order valence-corrected chi connectivity index (χ2v) is 15.8. The Morgan fingerprint density at radius 2 is 1.41 bits per heavy atom. The summed E-state index contributed by atoms with van der Waals surface area (Å²) >= 11 is 0. The topological polar surface area (TPSA) is 66.8 Å². The quantitative estimate of drug-likeness (QED) is 0.369. The molecule has 1 fully saturated rings. The normalized spacial score (nSPS) is 17.1. The third kappa shape index (κ3) is 4.73. The van der Waals surface area contributed by atoms with Gasteiger partial charge in [0.2, 0.25) is 0 Å². The zero-order chi connectivity index (χ0) is 23.6. The minimum absolute atomic E-state index is 0.126. The standard InChI is InChI=1S/C26H37O4PSi/c1-6-23(24(7-2)31(27,28)29)26(18-19-26)20-30-32(25(3,4)5,21-14-10-8-11-15-21)22-16-12-9-13-17-22/h8-17H,6-7,18-20H2,1-5H3,(H2,27,28,29). The lowest BCUT2D eigenvalue weighted by atomic mass is 9.93. The minimum Gasteiger partial charge on any atom is -0.407 e. The van der Waals surface area contributed by atoms with Crippen molar-refractivity contribution in [3.05, 3.63) is 71.6 Å². The highest BCUT2D eigenvalue weighted by Crippen LogP contribution is 2.60. The van der Waals surface area contributed by atoms with Crippen molar-refractivity contribution in [2.24, 2.45) is 5.41 Å². The lowest BCUT2D eigenvalue weighted by molar-refractivity contribution is 0.239. The molecule has 1 saturated carbocycles. The number of hydrogen-bond donors (Lipinski definition) is 2. The van der Waals surface area contributed by atoms with E-state index in [0.717, 1.165) is 18.4 Å². The van der Waals surface area contributed by atoms with Gasteiger partial charge in [0.25, 0.3) is 8.32 Å². The average molecular weight is 473 g/mol. The molecule has 174 valence electrons. The van der Waals surface area contributed by atoms with Gasteiger partial charge in [-0.3, -0.25) is 4.57 Å². The summed E-state index contributed by atoms with van der Waals surface area (Å²) in [5.74, 6) is 0. The molecule has 1 aliphatic carbocycles. The summed E-state index contributed by atoms with van der Waals surface area (Å²) in [6.07, 6.45) is 2.84. The predicted molar refractivity (Wildman–Crippen MR) is 135 cm³/mol. The lowest BCUT2D eigenvalue weighted by Crippen LogP contribution is -2.67. The highest BCUT2D eigenvalue weighted by Gasteiger charge is 2.54. The molecular formula is C26H37O4PSi. The summed E-state index contributed by atoms with van der Waals surface area (Å²) in [6, 6.07) is 21.0. The molecule has 0 bridgehead atoms. The Balaban J connectivity index is 2.11. The van der Waals surface area contributed by atoms with Crippen LogP contribution in [0.2, 0.25) is 5.04 Å². The molecule has 2 aromatic carbocycles. The molecule has 3 rings (SSSR count). The largest absolute Gasteiger partial charge is 0.407 e. The van der Waals surface area contributed by atoms with Crippen molar-refractivity contribution in [1.29, 1.82) is 0 Å². The first-order valence-corrected chi connectivity index (χ1v) is 15.1. The van der Waals surface area contributed by atoms with E-state index in [1.807, 2.05) is 26.0 Å². The number of rotatable bonds is 9. The van der Waals surface area contributed by atoms with Gasteiger partial charge in [0.1, 0.15) is 0 Å². The van der Waals surface area contributed by atoms with Gasteiger partial charge in [-0.25, -0.2) is 0 Å². The van der Waals surface area contributed by atoms with E-state index < -0.39 is 15.9 Å². The summed E-state index contributed by atoms with van der Waals surface area (Å²) in [6.45, 7) is 11.1. The first kappa shape index (κ1) is 25.1. The molecule has 2 aromatic rings. The predicted octanol–water partition coefficient (Wildman–Crippen LogP) is 5.60. The molecule has 4 nitrogen and oxygen atoms in total. The van der Waals surface area contributed by atoms with Crippen LogP contribution in [-0.2, 0) is 8.99 Å². The van der Waals surface area contributed by atoms with E-state index in [1.165, 1.54) is 10.4 Å². The Hall–Kier alpha value is -1.49. The van der Waals surface area contributed by atoms with E-state index in [4.69, 9.17) is 4.43 Å². The molecule has 0 spiro atoms. The van der Waals surface area contributed by atoms with E-state index >= 15 is 0 Å². The molecule has 1 aliphatic rings. The Labute approximate surface area is 194 Å². The van der Waals surface area contributed by atoms with Gasteiger partial charge in [0, 0.05) is 17.3 Å². The summed E-state index contributed by atoms with van der Waals surface area (Å²) in [5, 5.41) is 2.63. The van der Waals surface area contributed by atoms with Crippen LogP contribution in [0.3, 0.4) is 0 Å². The summed E-state index contributed by atoms with van der Waals surface area (Å²) in [4.78, 5) is 20.0. The van der Waals surface area contributed by atoms with Crippen LogP contribution in [0.5, 0.6) is 0 Å². The zero-order valence-electron chi connectivity index (χ0n) is 20.0. The van der Waals surface area contributed by atoms with Crippen LogP contribution in [0.15, 0.2) is 71.6 Å². The first-order valence-electron chi connectivity index (χ1n) is 11.6. The third-order valence-electron chi connectivity index (χ3n) is 6.86. The molecule has 0 atom stereocenters. The van der Waals surface area contributed by atoms with Crippen LogP contribution in [0, 0.1) is 5.41 Å². The van der Waals surface area contributed by atoms with Gasteiger partial charge in [-0.1, -0.05) is 101 Å². The average Bonchev–Trinajstić information content (AvgIpc) is 3.52. The molecule has 0 unspecified atom stereocenters. The van der Waals surface area contributed by atoms with E-state index in [9.17, 15) is 14.4 Å². The zero-order valence-corrected chi connectivity index (χ0v) is 21.9. The molecule has 0 amide bonds. The van der Waals surface area contributed by atoms with Gasteiger partial charge in [-0.2, -0.15) is 0 Å². The summed E-state index contributed by atoms with van der Waals surface area (Å²) in [7, 11) is -6.97. The number of hydrogen-bond acceptors (Lipinski definition) is 2. The van der Waals surface area contributed by atoms with Crippen molar-refractivity contribution >= 4 is 26.3 Å². The number of benzene rings is 2.